The van der Waals surface area contributed by atoms with Gasteiger partial charge in [-0.3, -0.25) is 0 Å². The number of nitrogens with zero attached hydrogens (tertiary/aromatic N) is 3. The Balaban J connectivity index is 1.90. The molecule has 1 aromatic rings. The van der Waals surface area contributed by atoms with Crippen molar-refractivity contribution in [3.8, 4) is 0 Å². The van der Waals surface area contributed by atoms with Crippen LogP contribution in [0.2, 0.25) is 0 Å². The molecular formula is C16H23N3O2. The molecule has 1 fully saturated rings. The van der Waals surface area contributed by atoms with Crippen molar-refractivity contribution in [3.63, 3.8) is 0 Å². The van der Waals surface area contributed by atoms with E-state index in [4.69, 9.17) is 4.74 Å². The number of fused-ring (bicyclic) bond motifs is 1. The Kier molecular flexibility index (Phi) is 4.36. The Bertz CT molecular complexity index is 518. The van der Waals surface area contributed by atoms with E-state index in [0.29, 0.717) is 6.61 Å². The number of esters is 1. The molecule has 3 rings (SSSR count). The zero-order chi connectivity index (χ0) is 14.7. The third kappa shape index (κ3) is 2.87. The van der Waals surface area contributed by atoms with Gasteiger partial charge in [0.1, 0.15) is 18.2 Å². The molecule has 1 aliphatic carbocycles. The van der Waals surface area contributed by atoms with Crippen molar-refractivity contribution in [3.05, 3.63) is 17.6 Å². The van der Waals surface area contributed by atoms with Crippen molar-refractivity contribution in [2.45, 2.75) is 57.9 Å². The summed E-state index contributed by atoms with van der Waals surface area (Å²) in [6, 6.07) is -0.174. The lowest BCUT2D eigenvalue weighted by Crippen LogP contribution is -2.38. The average molecular weight is 289 g/mol. The van der Waals surface area contributed by atoms with Gasteiger partial charge in [-0.2, -0.15) is 0 Å². The summed E-state index contributed by atoms with van der Waals surface area (Å²) in [4.78, 5) is 23.3. The van der Waals surface area contributed by atoms with Crippen molar-refractivity contribution in [1.82, 2.24) is 9.97 Å². The summed E-state index contributed by atoms with van der Waals surface area (Å²) in [5, 5.41) is 0. The fourth-order valence-corrected chi connectivity index (χ4v) is 3.43. The molecule has 21 heavy (non-hydrogen) atoms. The number of ether oxygens (including phenoxy) is 1. The predicted octanol–water partition coefficient (Wildman–Crippen LogP) is 2.28. The van der Waals surface area contributed by atoms with Crippen LogP contribution in [-0.4, -0.2) is 35.1 Å². The van der Waals surface area contributed by atoms with Gasteiger partial charge in [0.05, 0.1) is 6.61 Å². The first-order valence-electron chi connectivity index (χ1n) is 8.07. The minimum Gasteiger partial charge on any atom is -0.464 e. The molecule has 2 aliphatic rings. The largest absolute Gasteiger partial charge is 0.464 e. The molecule has 1 atom stereocenters. The lowest BCUT2D eigenvalue weighted by Gasteiger charge is -2.26. The Hall–Kier alpha value is -1.65. The molecule has 0 saturated carbocycles. The lowest BCUT2D eigenvalue weighted by molar-refractivity contribution is -0.144. The molecule has 0 radical (unpaired) electrons. The van der Waals surface area contributed by atoms with Gasteiger partial charge in [0, 0.05) is 17.8 Å². The Labute approximate surface area is 125 Å². The van der Waals surface area contributed by atoms with Gasteiger partial charge in [0.25, 0.3) is 0 Å². The summed E-state index contributed by atoms with van der Waals surface area (Å²) in [6.07, 6.45) is 9.22. The molecule has 114 valence electrons. The number of hydrogen-bond acceptors (Lipinski definition) is 5. The highest BCUT2D eigenvalue weighted by atomic mass is 16.5. The zero-order valence-electron chi connectivity index (χ0n) is 12.7. The van der Waals surface area contributed by atoms with Gasteiger partial charge >= 0.3 is 5.97 Å². The smallest absolute Gasteiger partial charge is 0.328 e. The number of anilines is 1. The normalized spacial score (nSPS) is 21.8. The van der Waals surface area contributed by atoms with Gasteiger partial charge in [-0.25, -0.2) is 14.8 Å². The zero-order valence-corrected chi connectivity index (χ0v) is 12.7. The molecule has 5 nitrogen and oxygen atoms in total. The summed E-state index contributed by atoms with van der Waals surface area (Å²) in [6.45, 7) is 3.17. The highest BCUT2D eigenvalue weighted by Gasteiger charge is 2.34. The molecule has 2 heterocycles. The van der Waals surface area contributed by atoms with E-state index < -0.39 is 0 Å². The van der Waals surface area contributed by atoms with E-state index in [1.807, 2.05) is 6.92 Å². The van der Waals surface area contributed by atoms with E-state index in [9.17, 15) is 4.79 Å². The topological polar surface area (TPSA) is 55.3 Å². The SMILES string of the molecule is CCOC(=O)C1CCCN1c1ncnc2c1CCCCC2. The van der Waals surface area contributed by atoms with Gasteiger partial charge in [-0.05, 0) is 45.4 Å². The highest BCUT2D eigenvalue weighted by molar-refractivity contribution is 5.80. The van der Waals surface area contributed by atoms with Gasteiger partial charge in [0.15, 0.2) is 0 Å². The monoisotopic (exact) mass is 289 g/mol. The molecule has 0 spiro atoms. The molecule has 1 saturated heterocycles. The summed E-state index contributed by atoms with van der Waals surface area (Å²) in [5.74, 6) is 0.855. The van der Waals surface area contributed by atoms with Crippen LogP contribution in [-0.2, 0) is 22.4 Å². The van der Waals surface area contributed by atoms with Gasteiger partial charge < -0.3 is 9.64 Å². The fraction of sp³-hybridized carbons (Fsp3) is 0.688. The molecule has 0 bridgehead atoms. The molecule has 0 amide bonds. The van der Waals surface area contributed by atoms with E-state index in [2.05, 4.69) is 14.9 Å². The first kappa shape index (κ1) is 14.3. The number of aryl methyl sites for hydroxylation is 1. The molecule has 0 N–H and O–H groups in total. The molecule has 1 aliphatic heterocycles. The van der Waals surface area contributed by atoms with E-state index in [1.54, 1.807) is 6.33 Å². The maximum Gasteiger partial charge on any atom is 0.328 e. The maximum absolute atomic E-state index is 12.2. The predicted molar refractivity (Wildman–Crippen MR) is 80.3 cm³/mol. The first-order chi connectivity index (χ1) is 10.3. The number of aromatic nitrogens is 2. The standard InChI is InChI=1S/C16H23N3O2/c1-2-21-16(20)14-9-6-10-19(14)15-12-7-4-3-5-8-13(12)17-11-18-15/h11,14H,2-10H2,1H3. The van der Waals surface area contributed by atoms with Crippen molar-refractivity contribution in [2.75, 3.05) is 18.1 Å². The van der Waals surface area contributed by atoms with Crippen LogP contribution in [0.3, 0.4) is 0 Å². The Morgan fingerprint density at radius 1 is 1.29 bits per heavy atom. The Morgan fingerprint density at radius 3 is 3.00 bits per heavy atom. The molecule has 1 aromatic heterocycles. The van der Waals surface area contributed by atoms with Crippen LogP contribution >= 0.6 is 0 Å². The third-order valence-electron chi connectivity index (χ3n) is 4.44. The van der Waals surface area contributed by atoms with Gasteiger partial charge in [-0.1, -0.05) is 6.42 Å². The van der Waals surface area contributed by atoms with E-state index in [1.165, 1.54) is 30.5 Å². The summed E-state index contributed by atoms with van der Waals surface area (Å²) in [5.41, 5.74) is 2.43. The Morgan fingerprint density at radius 2 is 2.14 bits per heavy atom. The van der Waals surface area contributed by atoms with E-state index >= 15 is 0 Å². The van der Waals surface area contributed by atoms with Crippen molar-refractivity contribution in [2.24, 2.45) is 0 Å². The van der Waals surface area contributed by atoms with Crippen molar-refractivity contribution >= 4 is 11.8 Å². The van der Waals surface area contributed by atoms with Crippen LogP contribution in [0, 0.1) is 0 Å². The van der Waals surface area contributed by atoms with Crippen LogP contribution in [0.1, 0.15) is 50.3 Å². The van der Waals surface area contributed by atoms with Crippen LogP contribution < -0.4 is 4.90 Å². The molecule has 1 unspecified atom stereocenters. The second-order valence-corrected chi connectivity index (χ2v) is 5.79. The number of carbonyl (C=O) groups excluding carboxylic acids is 1. The van der Waals surface area contributed by atoms with E-state index in [-0.39, 0.29) is 12.0 Å². The molecular weight excluding hydrogens is 266 g/mol. The number of rotatable bonds is 3. The minimum absolute atomic E-state index is 0.115. The summed E-state index contributed by atoms with van der Waals surface area (Å²) in [7, 11) is 0. The maximum atomic E-state index is 12.2. The lowest BCUT2D eigenvalue weighted by atomic mass is 10.1. The van der Waals surface area contributed by atoms with Gasteiger partial charge in [-0.15, -0.1) is 0 Å². The van der Waals surface area contributed by atoms with Crippen molar-refractivity contribution in [1.29, 1.82) is 0 Å². The van der Waals surface area contributed by atoms with Crippen LogP contribution in [0.15, 0.2) is 6.33 Å². The first-order valence-corrected chi connectivity index (χ1v) is 8.07. The second-order valence-electron chi connectivity index (χ2n) is 5.79. The van der Waals surface area contributed by atoms with Crippen LogP contribution in [0.5, 0.6) is 0 Å². The van der Waals surface area contributed by atoms with Gasteiger partial charge in [0.2, 0.25) is 0 Å². The fourth-order valence-electron chi connectivity index (χ4n) is 3.43. The third-order valence-corrected chi connectivity index (χ3v) is 4.44. The van der Waals surface area contributed by atoms with Crippen LogP contribution in [0.4, 0.5) is 5.82 Å². The van der Waals surface area contributed by atoms with Crippen molar-refractivity contribution < 1.29 is 9.53 Å². The average Bonchev–Trinajstić information content (AvgIpc) is 2.85. The summed E-state index contributed by atoms with van der Waals surface area (Å²) < 4.78 is 5.22. The van der Waals surface area contributed by atoms with Crippen LogP contribution in [0.25, 0.3) is 0 Å². The number of carbonyl (C=O) groups is 1. The molecule has 5 heteroatoms. The highest BCUT2D eigenvalue weighted by Crippen LogP contribution is 2.31. The quantitative estimate of drug-likeness (QED) is 0.631. The minimum atomic E-state index is -0.174. The summed E-state index contributed by atoms with van der Waals surface area (Å²) >= 11 is 0. The second kappa shape index (κ2) is 6.41. The molecule has 0 aromatic carbocycles. The number of hydrogen-bond donors (Lipinski definition) is 0. The van der Waals surface area contributed by atoms with E-state index in [0.717, 1.165) is 38.0 Å².